The van der Waals surface area contributed by atoms with Gasteiger partial charge in [0.25, 0.3) is 5.91 Å². The fourth-order valence-electron chi connectivity index (χ4n) is 1.89. The lowest BCUT2D eigenvalue weighted by atomic mass is 10.0. The van der Waals surface area contributed by atoms with Crippen molar-refractivity contribution in [2.24, 2.45) is 0 Å². The number of carbonyl (C=O) groups excluding carboxylic acids is 1. The van der Waals surface area contributed by atoms with Crippen LogP contribution >= 0.6 is 0 Å². The Morgan fingerprint density at radius 3 is 3.00 bits per heavy atom. The van der Waals surface area contributed by atoms with Gasteiger partial charge < -0.3 is 11.1 Å². The Morgan fingerprint density at radius 1 is 1.50 bits per heavy atom. The molecule has 1 aromatic carbocycles. The van der Waals surface area contributed by atoms with Gasteiger partial charge in [0, 0.05) is 29.2 Å². The summed E-state index contributed by atoms with van der Waals surface area (Å²) < 4.78 is 0. The monoisotopic (exact) mass is 241 g/mol. The minimum atomic E-state index is -0.217. The number of aromatic nitrogens is 1. The molecular weight excluding hydrogens is 226 g/mol. The lowest BCUT2D eigenvalue weighted by Crippen LogP contribution is -2.24. The fraction of sp³-hybridized carbons (Fsp3) is 0.143. The van der Waals surface area contributed by atoms with E-state index in [2.05, 4.69) is 16.9 Å². The molecule has 0 aliphatic rings. The van der Waals surface area contributed by atoms with Gasteiger partial charge in [-0.25, -0.2) is 0 Å². The molecule has 0 saturated carbocycles. The Bertz CT molecular complexity index is 620. The number of hydrogen-bond acceptors (Lipinski definition) is 3. The molecule has 0 fully saturated rings. The average molecular weight is 241 g/mol. The summed E-state index contributed by atoms with van der Waals surface area (Å²) in [7, 11) is 0. The molecule has 0 aliphatic carbocycles. The number of pyridine rings is 1. The number of amides is 1. The van der Waals surface area contributed by atoms with Crippen LogP contribution < -0.4 is 11.1 Å². The van der Waals surface area contributed by atoms with Crippen LogP contribution in [0.5, 0.6) is 0 Å². The van der Waals surface area contributed by atoms with Crippen LogP contribution in [0, 0.1) is 6.92 Å². The van der Waals surface area contributed by atoms with Gasteiger partial charge in [-0.3, -0.25) is 9.78 Å². The molecule has 0 saturated heterocycles. The van der Waals surface area contributed by atoms with Gasteiger partial charge >= 0.3 is 0 Å². The van der Waals surface area contributed by atoms with Crippen molar-refractivity contribution < 1.29 is 4.79 Å². The summed E-state index contributed by atoms with van der Waals surface area (Å²) in [6.45, 7) is 5.92. The second-order valence-electron chi connectivity index (χ2n) is 4.11. The highest BCUT2D eigenvalue weighted by molar-refractivity contribution is 6.08. The second-order valence-corrected chi connectivity index (χ2v) is 4.11. The quantitative estimate of drug-likeness (QED) is 0.638. The Morgan fingerprint density at radius 2 is 2.28 bits per heavy atom. The maximum absolute atomic E-state index is 12.0. The van der Waals surface area contributed by atoms with Gasteiger partial charge in [-0.2, -0.15) is 0 Å². The van der Waals surface area contributed by atoms with E-state index in [1.807, 2.05) is 25.1 Å². The number of nitrogens with one attached hydrogen (secondary N) is 1. The maximum Gasteiger partial charge on any atom is 0.270 e. The summed E-state index contributed by atoms with van der Waals surface area (Å²) in [5, 5.41) is 4.34. The molecule has 0 spiro atoms. The predicted molar refractivity (Wildman–Crippen MR) is 73.4 cm³/mol. The first-order valence-electron chi connectivity index (χ1n) is 5.67. The Balaban J connectivity index is 2.57. The Hall–Kier alpha value is -2.36. The van der Waals surface area contributed by atoms with Gasteiger partial charge in [0.1, 0.15) is 5.69 Å². The number of benzene rings is 1. The van der Waals surface area contributed by atoms with Gasteiger partial charge in [-0.1, -0.05) is 6.08 Å². The molecule has 1 aromatic heterocycles. The number of fused-ring (bicyclic) bond motifs is 1. The van der Waals surface area contributed by atoms with Crippen LogP contribution in [0.25, 0.3) is 10.8 Å². The molecule has 0 aliphatic heterocycles. The van der Waals surface area contributed by atoms with Crippen LogP contribution in [0.1, 0.15) is 16.1 Å². The molecule has 1 heterocycles. The largest absolute Gasteiger partial charge is 0.398 e. The normalized spacial score (nSPS) is 10.3. The molecule has 0 radical (unpaired) electrons. The van der Waals surface area contributed by atoms with E-state index in [1.165, 1.54) is 0 Å². The molecule has 0 unspecified atom stereocenters. The number of aryl methyl sites for hydroxylation is 1. The molecule has 2 rings (SSSR count). The summed E-state index contributed by atoms with van der Waals surface area (Å²) in [5.41, 5.74) is 8.01. The van der Waals surface area contributed by atoms with Crippen LogP contribution in [0.3, 0.4) is 0 Å². The summed E-state index contributed by atoms with van der Waals surface area (Å²) in [6, 6.07) is 5.61. The standard InChI is InChI=1S/C14H15N3O/c1-3-5-17-14(18)13-11-7-9(2)8-12(15)10(11)4-6-16-13/h3-4,6-8H,1,5,15H2,2H3,(H,17,18). The molecule has 18 heavy (non-hydrogen) atoms. The number of hydrogen-bond donors (Lipinski definition) is 2. The van der Waals surface area contributed by atoms with Crippen LogP contribution in [0.15, 0.2) is 37.1 Å². The molecule has 3 N–H and O–H groups in total. The van der Waals surface area contributed by atoms with Crippen LogP contribution in [0.2, 0.25) is 0 Å². The molecule has 2 aromatic rings. The summed E-state index contributed by atoms with van der Waals surface area (Å²) in [5.74, 6) is -0.217. The Labute approximate surface area is 106 Å². The second kappa shape index (κ2) is 4.87. The van der Waals surface area contributed by atoms with Crippen molar-refractivity contribution >= 4 is 22.4 Å². The van der Waals surface area contributed by atoms with Crippen molar-refractivity contribution in [1.82, 2.24) is 10.3 Å². The number of rotatable bonds is 3. The maximum atomic E-state index is 12.0. The van der Waals surface area contributed by atoms with Gasteiger partial charge in [0.15, 0.2) is 0 Å². The molecule has 0 bridgehead atoms. The minimum Gasteiger partial charge on any atom is -0.398 e. The molecule has 92 valence electrons. The number of nitrogens with two attached hydrogens (primary N) is 1. The SMILES string of the molecule is C=CCNC(=O)c1nccc2c(N)cc(C)cc12. The van der Waals surface area contributed by atoms with E-state index >= 15 is 0 Å². The number of nitrogen functional groups attached to an aromatic ring is 1. The molecule has 4 nitrogen and oxygen atoms in total. The van der Waals surface area contributed by atoms with Crippen molar-refractivity contribution in [2.45, 2.75) is 6.92 Å². The zero-order valence-electron chi connectivity index (χ0n) is 10.2. The van der Waals surface area contributed by atoms with Gasteiger partial charge in [0.2, 0.25) is 0 Å². The highest BCUT2D eigenvalue weighted by Gasteiger charge is 2.12. The number of nitrogens with zero attached hydrogens (tertiary/aromatic N) is 1. The van der Waals surface area contributed by atoms with E-state index in [1.54, 1.807) is 12.3 Å². The molecule has 4 heteroatoms. The lowest BCUT2D eigenvalue weighted by molar-refractivity contribution is 0.0955. The van der Waals surface area contributed by atoms with Crippen molar-refractivity contribution in [3.63, 3.8) is 0 Å². The van der Waals surface area contributed by atoms with Crippen molar-refractivity contribution in [3.05, 3.63) is 48.3 Å². The molecule has 1 amide bonds. The van der Waals surface area contributed by atoms with Crippen LogP contribution in [-0.2, 0) is 0 Å². The van der Waals surface area contributed by atoms with E-state index in [9.17, 15) is 4.79 Å². The number of anilines is 1. The van der Waals surface area contributed by atoms with E-state index in [0.29, 0.717) is 17.9 Å². The topological polar surface area (TPSA) is 68.0 Å². The Kier molecular flexibility index (Phi) is 3.28. The van der Waals surface area contributed by atoms with Gasteiger partial charge in [-0.15, -0.1) is 6.58 Å². The third-order valence-corrected chi connectivity index (χ3v) is 2.68. The van der Waals surface area contributed by atoms with Crippen molar-refractivity contribution in [2.75, 3.05) is 12.3 Å². The summed E-state index contributed by atoms with van der Waals surface area (Å²) in [4.78, 5) is 16.1. The molecular formula is C14H15N3O. The van der Waals surface area contributed by atoms with Crippen LogP contribution in [-0.4, -0.2) is 17.4 Å². The van der Waals surface area contributed by atoms with Crippen molar-refractivity contribution in [3.8, 4) is 0 Å². The fourth-order valence-corrected chi connectivity index (χ4v) is 1.89. The highest BCUT2D eigenvalue weighted by Crippen LogP contribution is 2.24. The first-order chi connectivity index (χ1) is 8.63. The average Bonchev–Trinajstić information content (AvgIpc) is 2.35. The third kappa shape index (κ3) is 2.18. The van der Waals surface area contributed by atoms with E-state index in [-0.39, 0.29) is 5.91 Å². The number of carbonyl (C=O) groups is 1. The lowest BCUT2D eigenvalue weighted by Gasteiger charge is -2.08. The zero-order chi connectivity index (χ0) is 13.1. The summed E-state index contributed by atoms with van der Waals surface area (Å²) >= 11 is 0. The first kappa shape index (κ1) is 12.1. The van der Waals surface area contributed by atoms with E-state index in [4.69, 9.17) is 5.73 Å². The third-order valence-electron chi connectivity index (χ3n) is 2.68. The van der Waals surface area contributed by atoms with Gasteiger partial charge in [-0.05, 0) is 30.7 Å². The minimum absolute atomic E-state index is 0.217. The first-order valence-corrected chi connectivity index (χ1v) is 5.67. The van der Waals surface area contributed by atoms with E-state index < -0.39 is 0 Å². The van der Waals surface area contributed by atoms with E-state index in [0.717, 1.165) is 16.3 Å². The zero-order valence-corrected chi connectivity index (χ0v) is 10.2. The predicted octanol–water partition coefficient (Wildman–Crippen LogP) is 2.04. The summed E-state index contributed by atoms with van der Waals surface area (Å²) in [6.07, 6.45) is 3.22. The molecule has 0 atom stereocenters. The smallest absolute Gasteiger partial charge is 0.270 e. The highest BCUT2D eigenvalue weighted by atomic mass is 16.1. The van der Waals surface area contributed by atoms with Gasteiger partial charge in [0.05, 0.1) is 0 Å². The van der Waals surface area contributed by atoms with Crippen molar-refractivity contribution in [1.29, 1.82) is 0 Å². The van der Waals surface area contributed by atoms with Crippen LogP contribution in [0.4, 0.5) is 5.69 Å².